The van der Waals surface area contributed by atoms with Crippen molar-refractivity contribution in [2.75, 3.05) is 13.1 Å². The van der Waals surface area contributed by atoms with Crippen molar-refractivity contribution in [3.8, 4) is 0 Å². The number of carbonyl (C=O) groups is 2. The lowest BCUT2D eigenvalue weighted by Gasteiger charge is -2.28. The Balaban J connectivity index is 1.90. The number of aromatic nitrogens is 2. The van der Waals surface area contributed by atoms with Crippen molar-refractivity contribution in [1.82, 2.24) is 15.1 Å². The van der Waals surface area contributed by atoms with Crippen LogP contribution in [0.1, 0.15) is 30.8 Å². The van der Waals surface area contributed by atoms with E-state index in [9.17, 15) is 14.7 Å². The molecule has 22 heavy (non-hydrogen) atoms. The number of benzene rings is 1. The normalized spacial score (nSPS) is 21.7. The number of H-pyrrole nitrogens is 1. The molecule has 1 unspecified atom stereocenters. The van der Waals surface area contributed by atoms with Crippen molar-refractivity contribution in [2.24, 2.45) is 11.3 Å². The largest absolute Gasteiger partial charge is 0.481 e. The van der Waals surface area contributed by atoms with Gasteiger partial charge in [0.2, 0.25) is 0 Å². The molecule has 1 aromatic carbocycles. The van der Waals surface area contributed by atoms with Gasteiger partial charge < -0.3 is 10.0 Å². The summed E-state index contributed by atoms with van der Waals surface area (Å²) in [4.78, 5) is 26.0. The molecule has 1 aliphatic heterocycles. The van der Waals surface area contributed by atoms with Crippen LogP contribution < -0.4 is 0 Å². The van der Waals surface area contributed by atoms with E-state index in [1.165, 1.54) is 0 Å². The molecule has 1 amide bonds. The Bertz CT molecular complexity index is 737. The van der Waals surface area contributed by atoms with Crippen molar-refractivity contribution in [1.29, 1.82) is 0 Å². The van der Waals surface area contributed by atoms with Crippen LogP contribution in [0.3, 0.4) is 0 Å². The van der Waals surface area contributed by atoms with Crippen LogP contribution in [0.15, 0.2) is 24.3 Å². The number of hydrogen-bond donors (Lipinski definition) is 2. The van der Waals surface area contributed by atoms with Gasteiger partial charge in [0, 0.05) is 18.5 Å². The van der Waals surface area contributed by atoms with Gasteiger partial charge in [-0.1, -0.05) is 32.0 Å². The summed E-state index contributed by atoms with van der Waals surface area (Å²) in [5, 5.41) is 17.3. The molecule has 6 heteroatoms. The molecule has 2 N–H and O–H groups in total. The van der Waals surface area contributed by atoms with Crippen LogP contribution in [0.2, 0.25) is 0 Å². The Morgan fingerprint density at radius 1 is 1.36 bits per heavy atom. The molecule has 3 rings (SSSR count). The number of carbonyl (C=O) groups excluding carboxylic acids is 1. The maximum absolute atomic E-state index is 12.7. The first-order chi connectivity index (χ1) is 10.5. The quantitative estimate of drug-likeness (QED) is 0.909. The van der Waals surface area contributed by atoms with E-state index in [-0.39, 0.29) is 18.4 Å². The van der Waals surface area contributed by atoms with Gasteiger partial charge in [0.15, 0.2) is 5.69 Å². The predicted octanol–water partition coefficient (Wildman–Crippen LogP) is 2.14. The van der Waals surface area contributed by atoms with Gasteiger partial charge in [-0.15, -0.1) is 0 Å². The zero-order valence-corrected chi connectivity index (χ0v) is 12.7. The average Bonchev–Trinajstić information content (AvgIpc) is 3.12. The van der Waals surface area contributed by atoms with Gasteiger partial charge in [-0.25, -0.2) is 0 Å². The fourth-order valence-corrected chi connectivity index (χ4v) is 3.18. The molecule has 6 nitrogen and oxygen atoms in total. The molecular weight excluding hydrogens is 282 g/mol. The van der Waals surface area contributed by atoms with E-state index < -0.39 is 11.4 Å². The maximum Gasteiger partial charge on any atom is 0.311 e. The molecule has 2 aromatic rings. The van der Waals surface area contributed by atoms with Gasteiger partial charge >= 0.3 is 5.97 Å². The van der Waals surface area contributed by atoms with E-state index >= 15 is 0 Å². The molecule has 1 saturated heterocycles. The first-order valence-electron chi connectivity index (χ1n) is 7.41. The fraction of sp³-hybridized carbons (Fsp3) is 0.438. The topological polar surface area (TPSA) is 86.3 Å². The van der Waals surface area contributed by atoms with Crippen molar-refractivity contribution < 1.29 is 14.7 Å². The number of nitrogens with one attached hydrogen (secondary N) is 1. The predicted molar refractivity (Wildman–Crippen MR) is 81.5 cm³/mol. The number of nitrogens with zero attached hydrogens (tertiary/aromatic N) is 2. The third kappa shape index (κ3) is 2.06. The Kier molecular flexibility index (Phi) is 3.39. The summed E-state index contributed by atoms with van der Waals surface area (Å²) in [6, 6.07) is 7.43. The summed E-state index contributed by atoms with van der Waals surface area (Å²) < 4.78 is 0. The number of fused-ring (bicyclic) bond motifs is 1. The van der Waals surface area contributed by atoms with Gasteiger partial charge in [0.1, 0.15) is 0 Å². The highest BCUT2D eigenvalue weighted by Gasteiger charge is 2.48. The molecule has 0 radical (unpaired) electrons. The minimum atomic E-state index is -0.859. The summed E-state index contributed by atoms with van der Waals surface area (Å²) in [6.45, 7) is 4.47. The lowest BCUT2D eigenvalue weighted by atomic mass is 9.76. The molecule has 0 aliphatic carbocycles. The highest BCUT2D eigenvalue weighted by Crippen LogP contribution is 2.38. The smallest absolute Gasteiger partial charge is 0.311 e. The molecule has 1 aliphatic rings. The number of carboxylic acids is 1. The lowest BCUT2D eigenvalue weighted by Crippen LogP contribution is -2.40. The number of hydrogen-bond acceptors (Lipinski definition) is 3. The summed E-state index contributed by atoms with van der Waals surface area (Å²) in [7, 11) is 0. The fourth-order valence-electron chi connectivity index (χ4n) is 3.18. The Hall–Kier alpha value is -2.37. The van der Waals surface area contributed by atoms with Gasteiger partial charge in [0.25, 0.3) is 5.91 Å². The van der Waals surface area contributed by atoms with E-state index in [1.807, 2.05) is 38.1 Å². The maximum atomic E-state index is 12.7. The lowest BCUT2D eigenvalue weighted by molar-refractivity contribution is -0.150. The summed E-state index contributed by atoms with van der Waals surface area (Å²) in [5.41, 5.74) is 0.306. The number of carboxylic acid groups (broad SMARTS) is 1. The van der Waals surface area contributed by atoms with Gasteiger partial charge in [-0.05, 0) is 18.4 Å². The third-order valence-electron chi connectivity index (χ3n) is 4.79. The zero-order valence-electron chi connectivity index (χ0n) is 12.7. The second-order valence-electron chi connectivity index (χ2n) is 6.21. The number of aromatic amines is 1. The SMILES string of the molecule is CC(C)C1(C(=O)O)CCN(C(=O)c2n[nH]c3ccccc23)C1. The highest BCUT2D eigenvalue weighted by molar-refractivity contribution is 6.04. The number of aliphatic carboxylic acids is 1. The van der Waals surface area contributed by atoms with Crippen LogP contribution in [0.4, 0.5) is 0 Å². The van der Waals surface area contributed by atoms with Crippen LogP contribution >= 0.6 is 0 Å². The molecule has 0 bridgehead atoms. The van der Waals surface area contributed by atoms with Gasteiger partial charge in [-0.2, -0.15) is 5.10 Å². The van der Waals surface area contributed by atoms with Crippen molar-refractivity contribution in [3.63, 3.8) is 0 Å². The second kappa shape index (κ2) is 5.12. The van der Waals surface area contributed by atoms with Crippen LogP contribution in [-0.2, 0) is 4.79 Å². The monoisotopic (exact) mass is 301 g/mol. The van der Waals surface area contributed by atoms with Crippen LogP contribution in [0, 0.1) is 11.3 Å². The molecule has 0 spiro atoms. The minimum Gasteiger partial charge on any atom is -0.481 e. The van der Waals surface area contributed by atoms with E-state index in [0.29, 0.717) is 18.7 Å². The zero-order chi connectivity index (χ0) is 15.9. The minimum absolute atomic E-state index is 0.0290. The molecular formula is C16H19N3O3. The Labute approximate surface area is 128 Å². The van der Waals surface area contributed by atoms with Crippen molar-refractivity contribution in [3.05, 3.63) is 30.0 Å². The number of para-hydroxylation sites is 1. The second-order valence-corrected chi connectivity index (χ2v) is 6.21. The third-order valence-corrected chi connectivity index (χ3v) is 4.79. The number of rotatable bonds is 3. The van der Waals surface area contributed by atoms with E-state index in [1.54, 1.807) is 4.90 Å². The first kappa shape index (κ1) is 14.6. The molecule has 116 valence electrons. The van der Waals surface area contributed by atoms with Crippen LogP contribution in [0.25, 0.3) is 10.9 Å². The standard InChI is InChI=1S/C16H19N3O3/c1-10(2)16(15(21)22)7-8-19(9-16)14(20)13-11-5-3-4-6-12(11)17-18-13/h3-6,10H,7-9H2,1-2H3,(H,17,18)(H,21,22). The van der Waals surface area contributed by atoms with E-state index in [2.05, 4.69) is 10.2 Å². The Morgan fingerprint density at radius 2 is 2.09 bits per heavy atom. The van der Waals surface area contributed by atoms with Crippen LogP contribution in [-0.4, -0.2) is 45.2 Å². The summed E-state index contributed by atoms with van der Waals surface area (Å²) >= 11 is 0. The molecule has 1 atom stereocenters. The van der Waals surface area contributed by atoms with Gasteiger partial charge in [-0.3, -0.25) is 14.7 Å². The molecule has 1 fully saturated rings. The number of amides is 1. The molecule has 2 heterocycles. The average molecular weight is 301 g/mol. The summed E-state index contributed by atoms with van der Waals surface area (Å²) in [6.07, 6.45) is 0.480. The van der Waals surface area contributed by atoms with Gasteiger partial charge in [0.05, 0.1) is 10.9 Å². The van der Waals surface area contributed by atoms with Crippen molar-refractivity contribution in [2.45, 2.75) is 20.3 Å². The summed E-state index contributed by atoms with van der Waals surface area (Å²) in [5.74, 6) is -1.07. The van der Waals surface area contributed by atoms with Crippen molar-refractivity contribution >= 4 is 22.8 Å². The first-order valence-corrected chi connectivity index (χ1v) is 7.41. The molecule has 1 aromatic heterocycles. The van der Waals surface area contributed by atoms with E-state index in [0.717, 1.165) is 10.9 Å². The van der Waals surface area contributed by atoms with E-state index in [4.69, 9.17) is 0 Å². The van der Waals surface area contributed by atoms with Crippen LogP contribution in [0.5, 0.6) is 0 Å². The highest BCUT2D eigenvalue weighted by atomic mass is 16.4. The Morgan fingerprint density at radius 3 is 2.73 bits per heavy atom. The number of likely N-dealkylation sites (tertiary alicyclic amines) is 1. The molecule has 0 saturated carbocycles.